The number of amides is 3. The standard InChI is InChI=1S/C9H13ClN4O2/c1-7-5-12-14(6-7)3-2-11-9(16)13-8(15)4-10/h5-6H,2-4H2,1H3,(H2,11,13,15,16). The van der Waals surface area contributed by atoms with Crippen LogP contribution in [-0.4, -0.2) is 34.1 Å². The molecule has 0 aromatic carbocycles. The summed E-state index contributed by atoms with van der Waals surface area (Å²) in [6, 6.07) is -0.547. The largest absolute Gasteiger partial charge is 0.336 e. The van der Waals surface area contributed by atoms with Crippen LogP contribution in [0.3, 0.4) is 0 Å². The number of nitrogens with zero attached hydrogens (tertiary/aromatic N) is 2. The highest BCUT2D eigenvalue weighted by atomic mass is 35.5. The maximum atomic E-state index is 11.1. The Labute approximate surface area is 98.0 Å². The van der Waals surface area contributed by atoms with Gasteiger partial charge in [-0.15, -0.1) is 11.6 Å². The maximum absolute atomic E-state index is 11.1. The summed E-state index contributed by atoms with van der Waals surface area (Å²) in [5.74, 6) is -0.750. The lowest BCUT2D eigenvalue weighted by Gasteiger charge is -2.05. The predicted octanol–water partition coefficient (Wildman–Crippen LogP) is 0.256. The van der Waals surface area contributed by atoms with Crippen LogP contribution < -0.4 is 10.6 Å². The third-order valence-corrected chi connectivity index (χ3v) is 2.01. The van der Waals surface area contributed by atoms with Gasteiger partial charge in [0.25, 0.3) is 0 Å². The van der Waals surface area contributed by atoms with E-state index in [2.05, 4.69) is 15.7 Å². The third-order valence-electron chi connectivity index (χ3n) is 1.76. The number of urea groups is 1. The first-order valence-electron chi connectivity index (χ1n) is 4.74. The molecule has 7 heteroatoms. The van der Waals surface area contributed by atoms with Crippen molar-refractivity contribution >= 4 is 23.5 Å². The first kappa shape index (κ1) is 12.5. The Kier molecular flexibility index (Phi) is 4.78. The maximum Gasteiger partial charge on any atom is 0.321 e. The molecule has 1 aromatic heterocycles. The number of hydrogen-bond donors (Lipinski definition) is 2. The second kappa shape index (κ2) is 6.12. The van der Waals surface area contributed by atoms with Crippen LogP contribution in [0, 0.1) is 6.92 Å². The molecule has 0 saturated heterocycles. The summed E-state index contributed by atoms with van der Waals surface area (Å²) >= 11 is 5.22. The van der Waals surface area contributed by atoms with Crippen LogP contribution in [0.25, 0.3) is 0 Å². The number of halogens is 1. The second-order valence-corrected chi connectivity index (χ2v) is 3.49. The summed E-state index contributed by atoms with van der Waals surface area (Å²) in [5.41, 5.74) is 1.06. The summed E-state index contributed by atoms with van der Waals surface area (Å²) < 4.78 is 1.71. The van der Waals surface area contributed by atoms with Crippen molar-refractivity contribution in [1.82, 2.24) is 20.4 Å². The topological polar surface area (TPSA) is 76.0 Å². The van der Waals surface area contributed by atoms with E-state index in [1.807, 2.05) is 13.1 Å². The molecule has 0 aliphatic rings. The molecule has 0 bridgehead atoms. The lowest BCUT2D eigenvalue weighted by atomic mass is 10.4. The Balaban J connectivity index is 2.20. The number of rotatable bonds is 4. The minimum absolute atomic E-state index is 0.230. The Morgan fingerprint density at radius 3 is 2.88 bits per heavy atom. The van der Waals surface area contributed by atoms with Gasteiger partial charge in [-0.3, -0.25) is 14.8 Å². The molecule has 0 saturated carbocycles. The molecule has 1 rings (SSSR count). The lowest BCUT2D eigenvalue weighted by Crippen LogP contribution is -2.41. The number of aryl methyl sites for hydroxylation is 1. The minimum atomic E-state index is -0.547. The zero-order valence-electron chi connectivity index (χ0n) is 8.86. The van der Waals surface area contributed by atoms with E-state index < -0.39 is 11.9 Å². The number of imide groups is 1. The molecular weight excluding hydrogens is 232 g/mol. The van der Waals surface area contributed by atoms with Gasteiger partial charge >= 0.3 is 6.03 Å². The van der Waals surface area contributed by atoms with E-state index in [0.717, 1.165) is 5.56 Å². The normalized spacial score (nSPS) is 9.88. The monoisotopic (exact) mass is 244 g/mol. The highest BCUT2D eigenvalue weighted by Gasteiger charge is 2.04. The van der Waals surface area contributed by atoms with Gasteiger partial charge in [-0.2, -0.15) is 5.10 Å². The number of carbonyl (C=O) groups excluding carboxylic acids is 2. The number of carbonyl (C=O) groups is 2. The van der Waals surface area contributed by atoms with E-state index in [4.69, 9.17) is 11.6 Å². The summed E-state index contributed by atoms with van der Waals surface area (Å²) in [6.07, 6.45) is 3.60. The third kappa shape index (κ3) is 4.31. The molecule has 0 aliphatic carbocycles. The number of hydrogen-bond acceptors (Lipinski definition) is 3. The van der Waals surface area contributed by atoms with Crippen LogP contribution in [0.15, 0.2) is 12.4 Å². The van der Waals surface area contributed by atoms with Crippen LogP contribution in [0.2, 0.25) is 0 Å². The Morgan fingerprint density at radius 2 is 2.31 bits per heavy atom. The van der Waals surface area contributed by atoms with Crippen molar-refractivity contribution in [2.24, 2.45) is 0 Å². The molecule has 0 atom stereocenters. The van der Waals surface area contributed by atoms with Crippen LogP contribution in [0.1, 0.15) is 5.56 Å². The van der Waals surface area contributed by atoms with E-state index in [1.54, 1.807) is 10.9 Å². The van der Waals surface area contributed by atoms with E-state index in [-0.39, 0.29) is 5.88 Å². The molecule has 0 radical (unpaired) electrons. The van der Waals surface area contributed by atoms with Crippen molar-refractivity contribution in [3.8, 4) is 0 Å². The van der Waals surface area contributed by atoms with Gasteiger partial charge in [0.05, 0.1) is 12.7 Å². The highest BCUT2D eigenvalue weighted by molar-refractivity contribution is 6.28. The van der Waals surface area contributed by atoms with Crippen LogP contribution in [0.5, 0.6) is 0 Å². The van der Waals surface area contributed by atoms with Crippen LogP contribution in [0.4, 0.5) is 4.79 Å². The molecule has 16 heavy (non-hydrogen) atoms. The Morgan fingerprint density at radius 1 is 1.56 bits per heavy atom. The van der Waals surface area contributed by atoms with Gasteiger partial charge in [0.2, 0.25) is 5.91 Å². The molecule has 1 heterocycles. The van der Waals surface area contributed by atoms with Gasteiger partial charge < -0.3 is 5.32 Å². The minimum Gasteiger partial charge on any atom is -0.336 e. The molecule has 6 nitrogen and oxygen atoms in total. The Hall–Kier alpha value is -1.56. The molecule has 3 amide bonds. The van der Waals surface area contributed by atoms with Crippen molar-refractivity contribution in [3.05, 3.63) is 18.0 Å². The molecule has 2 N–H and O–H groups in total. The average Bonchev–Trinajstić information content (AvgIpc) is 2.64. The fourth-order valence-corrected chi connectivity index (χ4v) is 1.14. The van der Waals surface area contributed by atoms with Gasteiger partial charge in [-0.1, -0.05) is 0 Å². The van der Waals surface area contributed by atoms with Crippen LogP contribution >= 0.6 is 11.6 Å². The molecule has 1 aromatic rings. The quantitative estimate of drug-likeness (QED) is 0.746. The fourth-order valence-electron chi connectivity index (χ4n) is 1.08. The van der Waals surface area contributed by atoms with Gasteiger partial charge in [0.1, 0.15) is 5.88 Å². The second-order valence-electron chi connectivity index (χ2n) is 3.22. The van der Waals surface area contributed by atoms with Gasteiger partial charge in [0.15, 0.2) is 0 Å². The fraction of sp³-hybridized carbons (Fsp3) is 0.444. The summed E-state index contributed by atoms with van der Waals surface area (Å²) in [7, 11) is 0. The summed E-state index contributed by atoms with van der Waals surface area (Å²) in [4.78, 5) is 21.8. The smallest absolute Gasteiger partial charge is 0.321 e. The zero-order chi connectivity index (χ0) is 12.0. The van der Waals surface area contributed by atoms with Gasteiger partial charge in [0, 0.05) is 12.7 Å². The lowest BCUT2D eigenvalue weighted by molar-refractivity contribution is -0.117. The van der Waals surface area contributed by atoms with Crippen molar-refractivity contribution in [2.45, 2.75) is 13.5 Å². The van der Waals surface area contributed by atoms with Crippen molar-refractivity contribution in [2.75, 3.05) is 12.4 Å². The van der Waals surface area contributed by atoms with Crippen molar-refractivity contribution in [3.63, 3.8) is 0 Å². The Bertz CT molecular complexity index is 377. The van der Waals surface area contributed by atoms with Crippen molar-refractivity contribution in [1.29, 1.82) is 0 Å². The average molecular weight is 245 g/mol. The summed E-state index contributed by atoms with van der Waals surface area (Å²) in [6.45, 7) is 2.88. The van der Waals surface area contributed by atoms with Gasteiger partial charge in [-0.25, -0.2) is 4.79 Å². The van der Waals surface area contributed by atoms with E-state index in [1.165, 1.54) is 0 Å². The first-order chi connectivity index (χ1) is 7.61. The number of nitrogens with one attached hydrogen (secondary N) is 2. The molecule has 0 spiro atoms. The first-order valence-corrected chi connectivity index (χ1v) is 5.28. The molecule has 0 fully saturated rings. The molecule has 0 unspecified atom stereocenters. The SMILES string of the molecule is Cc1cnn(CCNC(=O)NC(=O)CCl)c1. The predicted molar refractivity (Wildman–Crippen MR) is 59.2 cm³/mol. The van der Waals surface area contributed by atoms with Gasteiger partial charge in [-0.05, 0) is 12.5 Å². The van der Waals surface area contributed by atoms with Crippen LogP contribution in [-0.2, 0) is 11.3 Å². The van der Waals surface area contributed by atoms with Crippen molar-refractivity contribution < 1.29 is 9.59 Å². The molecule has 0 aliphatic heterocycles. The van der Waals surface area contributed by atoms with E-state index >= 15 is 0 Å². The van der Waals surface area contributed by atoms with E-state index in [9.17, 15) is 9.59 Å². The highest BCUT2D eigenvalue weighted by Crippen LogP contribution is 1.92. The van der Waals surface area contributed by atoms with E-state index in [0.29, 0.717) is 13.1 Å². The number of aromatic nitrogens is 2. The molecule has 88 valence electrons. The molecular formula is C9H13ClN4O2. The number of alkyl halides is 1. The summed E-state index contributed by atoms with van der Waals surface area (Å²) in [5, 5.41) is 8.63. The zero-order valence-corrected chi connectivity index (χ0v) is 9.62.